The molecule has 2 fully saturated rings. The van der Waals surface area contributed by atoms with Gasteiger partial charge in [0.1, 0.15) is 0 Å². The van der Waals surface area contributed by atoms with Crippen LogP contribution in [0.3, 0.4) is 0 Å². The Bertz CT molecular complexity index is 273. The number of aliphatic carboxylic acids is 1. The number of carbonyl (C=O) groups is 1. The minimum absolute atomic E-state index is 0.476. The lowest BCUT2D eigenvalue weighted by Crippen LogP contribution is -2.40. The first-order chi connectivity index (χ1) is 6.94. The van der Waals surface area contributed by atoms with Gasteiger partial charge in [-0.3, -0.25) is 4.79 Å². The van der Waals surface area contributed by atoms with Crippen molar-refractivity contribution >= 4 is 5.97 Å². The molecule has 1 saturated heterocycles. The van der Waals surface area contributed by atoms with E-state index in [1.54, 1.807) is 0 Å². The molecule has 0 spiro atoms. The van der Waals surface area contributed by atoms with Gasteiger partial charge in [-0.25, -0.2) is 0 Å². The Morgan fingerprint density at radius 1 is 1.33 bits per heavy atom. The Hall–Kier alpha value is -0.570. The van der Waals surface area contributed by atoms with Gasteiger partial charge >= 0.3 is 5.97 Å². The monoisotopic (exact) mass is 211 g/mol. The fourth-order valence-corrected chi connectivity index (χ4v) is 2.84. The molecule has 0 aromatic carbocycles. The van der Waals surface area contributed by atoms with E-state index in [0.29, 0.717) is 5.41 Å². The van der Waals surface area contributed by atoms with E-state index < -0.39 is 11.4 Å². The Morgan fingerprint density at radius 2 is 2.00 bits per heavy atom. The number of likely N-dealkylation sites (tertiary alicyclic amines) is 1. The summed E-state index contributed by atoms with van der Waals surface area (Å²) in [5.74, 6) is -0.635. The molecule has 1 unspecified atom stereocenters. The number of rotatable bonds is 3. The van der Waals surface area contributed by atoms with Gasteiger partial charge in [0, 0.05) is 13.1 Å². The van der Waals surface area contributed by atoms with E-state index >= 15 is 0 Å². The van der Waals surface area contributed by atoms with Crippen LogP contribution in [0.5, 0.6) is 0 Å². The summed E-state index contributed by atoms with van der Waals surface area (Å²) in [5.41, 5.74) is -0.0239. The van der Waals surface area contributed by atoms with Gasteiger partial charge < -0.3 is 10.0 Å². The van der Waals surface area contributed by atoms with Gasteiger partial charge in [-0.15, -0.1) is 0 Å². The van der Waals surface area contributed by atoms with Crippen LogP contribution in [0, 0.1) is 10.8 Å². The largest absolute Gasteiger partial charge is 0.481 e. The highest BCUT2D eigenvalue weighted by atomic mass is 16.4. The zero-order chi connectivity index (χ0) is 11.1. The third-order valence-electron chi connectivity index (χ3n) is 4.23. The first-order valence-electron chi connectivity index (χ1n) is 5.89. The molecule has 0 radical (unpaired) electrons. The van der Waals surface area contributed by atoms with Crippen LogP contribution < -0.4 is 0 Å². The first-order valence-corrected chi connectivity index (χ1v) is 5.89. The average molecular weight is 211 g/mol. The zero-order valence-electron chi connectivity index (χ0n) is 9.75. The highest BCUT2D eigenvalue weighted by molar-refractivity contribution is 5.74. The standard InChI is InChI=1S/C12H21NO2/c1-11(4-3-5-11)8-13-7-6-12(2,9-13)10(14)15/h3-9H2,1-2H3,(H,14,15). The number of hydrogen-bond acceptors (Lipinski definition) is 2. The Morgan fingerprint density at radius 3 is 2.40 bits per heavy atom. The Kier molecular flexibility index (Phi) is 2.53. The van der Waals surface area contributed by atoms with Gasteiger partial charge in [0.05, 0.1) is 5.41 Å². The summed E-state index contributed by atoms with van der Waals surface area (Å²) >= 11 is 0. The summed E-state index contributed by atoms with van der Waals surface area (Å²) in [7, 11) is 0. The van der Waals surface area contributed by atoms with Gasteiger partial charge in [0.25, 0.3) is 0 Å². The summed E-state index contributed by atoms with van der Waals surface area (Å²) < 4.78 is 0. The molecule has 1 saturated carbocycles. The van der Waals surface area contributed by atoms with E-state index in [-0.39, 0.29) is 0 Å². The SMILES string of the molecule is CC1(CN2CCC(C)(C(=O)O)C2)CCC1. The number of carboxylic acids is 1. The van der Waals surface area contributed by atoms with Crippen LogP contribution in [-0.2, 0) is 4.79 Å². The summed E-state index contributed by atoms with van der Waals surface area (Å²) in [6.45, 7) is 6.98. The molecule has 0 aromatic rings. The number of carboxylic acid groups (broad SMARTS) is 1. The lowest BCUT2D eigenvalue weighted by Gasteiger charge is -2.41. The van der Waals surface area contributed by atoms with Gasteiger partial charge in [-0.2, -0.15) is 0 Å². The molecule has 0 bridgehead atoms. The van der Waals surface area contributed by atoms with E-state index in [1.807, 2.05) is 6.92 Å². The predicted octanol–water partition coefficient (Wildman–Crippen LogP) is 1.97. The maximum absolute atomic E-state index is 11.1. The quantitative estimate of drug-likeness (QED) is 0.776. The summed E-state index contributed by atoms with van der Waals surface area (Å²) in [6, 6.07) is 0. The van der Waals surface area contributed by atoms with Crippen LogP contribution in [0.15, 0.2) is 0 Å². The van der Waals surface area contributed by atoms with Gasteiger partial charge in [-0.1, -0.05) is 13.3 Å². The fourth-order valence-electron chi connectivity index (χ4n) is 2.84. The molecule has 1 aliphatic heterocycles. The molecular weight excluding hydrogens is 190 g/mol. The lowest BCUT2D eigenvalue weighted by atomic mass is 9.70. The van der Waals surface area contributed by atoms with E-state index in [2.05, 4.69) is 11.8 Å². The van der Waals surface area contributed by atoms with Gasteiger partial charge in [-0.05, 0) is 38.1 Å². The van der Waals surface area contributed by atoms with Gasteiger partial charge in [0.15, 0.2) is 0 Å². The smallest absolute Gasteiger partial charge is 0.310 e. The van der Waals surface area contributed by atoms with Crippen molar-refractivity contribution in [1.82, 2.24) is 4.90 Å². The molecule has 2 aliphatic rings. The van der Waals surface area contributed by atoms with Crippen molar-refractivity contribution in [1.29, 1.82) is 0 Å². The second-order valence-corrected chi connectivity index (χ2v) is 5.99. The van der Waals surface area contributed by atoms with Crippen molar-refractivity contribution in [3.8, 4) is 0 Å². The van der Waals surface area contributed by atoms with Crippen molar-refractivity contribution in [3.05, 3.63) is 0 Å². The molecule has 15 heavy (non-hydrogen) atoms. The zero-order valence-corrected chi connectivity index (χ0v) is 9.75. The fraction of sp³-hybridized carbons (Fsp3) is 0.917. The van der Waals surface area contributed by atoms with Crippen molar-refractivity contribution in [2.24, 2.45) is 10.8 Å². The third kappa shape index (κ3) is 2.03. The van der Waals surface area contributed by atoms with E-state index in [1.165, 1.54) is 19.3 Å². The topological polar surface area (TPSA) is 40.5 Å². The first kappa shape index (κ1) is 10.9. The van der Waals surface area contributed by atoms with Crippen LogP contribution in [0.2, 0.25) is 0 Å². The Labute approximate surface area is 91.5 Å². The number of nitrogens with zero attached hydrogens (tertiary/aromatic N) is 1. The van der Waals surface area contributed by atoms with Crippen LogP contribution >= 0.6 is 0 Å². The predicted molar refractivity (Wildman–Crippen MR) is 58.8 cm³/mol. The average Bonchev–Trinajstić information content (AvgIpc) is 2.46. The summed E-state index contributed by atoms with van der Waals surface area (Å²) in [5, 5.41) is 9.13. The maximum Gasteiger partial charge on any atom is 0.310 e. The highest BCUT2D eigenvalue weighted by Crippen LogP contribution is 2.42. The third-order valence-corrected chi connectivity index (χ3v) is 4.23. The van der Waals surface area contributed by atoms with Crippen LogP contribution in [0.1, 0.15) is 39.5 Å². The van der Waals surface area contributed by atoms with Crippen LogP contribution in [-0.4, -0.2) is 35.6 Å². The van der Waals surface area contributed by atoms with Crippen molar-refractivity contribution in [2.45, 2.75) is 39.5 Å². The molecule has 3 nitrogen and oxygen atoms in total. The van der Waals surface area contributed by atoms with Crippen LogP contribution in [0.25, 0.3) is 0 Å². The molecule has 1 heterocycles. The molecule has 3 heteroatoms. The van der Waals surface area contributed by atoms with Crippen LogP contribution in [0.4, 0.5) is 0 Å². The minimum Gasteiger partial charge on any atom is -0.481 e. The minimum atomic E-state index is -0.635. The molecule has 1 atom stereocenters. The Balaban J connectivity index is 1.90. The number of hydrogen-bond donors (Lipinski definition) is 1. The maximum atomic E-state index is 11.1. The normalized spacial score (nSPS) is 35.1. The summed E-state index contributed by atoms with van der Waals surface area (Å²) in [6.07, 6.45) is 4.78. The van der Waals surface area contributed by atoms with Crippen molar-refractivity contribution in [2.75, 3.05) is 19.6 Å². The van der Waals surface area contributed by atoms with Gasteiger partial charge in [0.2, 0.25) is 0 Å². The van der Waals surface area contributed by atoms with E-state index in [0.717, 1.165) is 26.1 Å². The van der Waals surface area contributed by atoms with Crippen molar-refractivity contribution in [3.63, 3.8) is 0 Å². The molecule has 0 amide bonds. The van der Waals surface area contributed by atoms with E-state index in [9.17, 15) is 4.79 Å². The molecule has 86 valence electrons. The summed E-state index contributed by atoms with van der Waals surface area (Å²) in [4.78, 5) is 13.4. The molecule has 1 N–H and O–H groups in total. The highest BCUT2D eigenvalue weighted by Gasteiger charge is 2.43. The molecule has 1 aliphatic carbocycles. The second kappa shape index (κ2) is 3.48. The second-order valence-electron chi connectivity index (χ2n) is 5.99. The lowest BCUT2D eigenvalue weighted by molar-refractivity contribution is -0.147. The molecule has 0 aromatic heterocycles. The van der Waals surface area contributed by atoms with Crippen molar-refractivity contribution < 1.29 is 9.90 Å². The molecule has 2 rings (SSSR count). The van der Waals surface area contributed by atoms with E-state index in [4.69, 9.17) is 5.11 Å². The molecular formula is C12H21NO2.